The van der Waals surface area contributed by atoms with Gasteiger partial charge in [-0.15, -0.1) is 0 Å². The third-order valence-corrected chi connectivity index (χ3v) is 7.48. The Hall–Kier alpha value is -2.11. The van der Waals surface area contributed by atoms with Crippen molar-refractivity contribution in [3.05, 3.63) is 22.9 Å². The van der Waals surface area contributed by atoms with Crippen LogP contribution in [0.4, 0.5) is 5.82 Å². The van der Waals surface area contributed by atoms with Crippen molar-refractivity contribution >= 4 is 17.6 Å². The van der Waals surface area contributed by atoms with Crippen molar-refractivity contribution in [1.82, 2.24) is 9.88 Å². The number of piperidine rings is 1. The van der Waals surface area contributed by atoms with Crippen molar-refractivity contribution in [3.8, 4) is 0 Å². The van der Waals surface area contributed by atoms with E-state index in [4.69, 9.17) is 10.7 Å². The van der Waals surface area contributed by atoms with Gasteiger partial charge in [0.1, 0.15) is 5.82 Å². The maximum Gasteiger partial charge on any atom is 0.252 e. The number of hydrogen-bond acceptors (Lipinski definition) is 4. The van der Waals surface area contributed by atoms with Crippen LogP contribution in [0.25, 0.3) is 0 Å². The van der Waals surface area contributed by atoms with E-state index in [1.165, 1.54) is 19.3 Å². The molecule has 0 aromatic carbocycles. The van der Waals surface area contributed by atoms with Gasteiger partial charge in [-0.3, -0.25) is 9.59 Å². The fraction of sp³-hybridized carbons (Fsp3) is 0.682. The molecule has 4 aliphatic rings. The molecule has 6 heteroatoms. The highest BCUT2D eigenvalue weighted by atomic mass is 16.2. The molecule has 0 radical (unpaired) electrons. The summed E-state index contributed by atoms with van der Waals surface area (Å²) in [5.74, 6) is 1.32. The van der Waals surface area contributed by atoms with E-state index in [1.54, 1.807) is 0 Å². The molecule has 1 aromatic rings. The van der Waals surface area contributed by atoms with Gasteiger partial charge in [-0.2, -0.15) is 0 Å². The van der Waals surface area contributed by atoms with Crippen molar-refractivity contribution < 1.29 is 9.59 Å². The van der Waals surface area contributed by atoms with Crippen LogP contribution in [0.15, 0.2) is 6.07 Å². The monoisotopic (exact) mass is 382 g/mol. The first kappa shape index (κ1) is 18.0. The minimum atomic E-state index is -0.417. The smallest absolute Gasteiger partial charge is 0.252 e. The van der Waals surface area contributed by atoms with Gasteiger partial charge < -0.3 is 15.5 Å². The van der Waals surface area contributed by atoms with Crippen LogP contribution in [0, 0.1) is 11.3 Å². The van der Waals surface area contributed by atoms with Gasteiger partial charge >= 0.3 is 0 Å². The molecule has 2 amide bonds. The molecule has 2 saturated heterocycles. The standard InChI is InChI=1S/C22H30N4O2/c23-19(27)17-12-16-6-2-7-18(16)24-20(17)26-11-9-22(14-26)8-3-10-25(21(22)28)13-15-4-1-5-15/h12,15H,1-11,13-14H2,(H2,23,27). The number of aryl methyl sites for hydroxylation is 2. The quantitative estimate of drug-likeness (QED) is 0.866. The number of carbonyl (C=O) groups excluding carboxylic acids is 2. The highest BCUT2D eigenvalue weighted by Crippen LogP contribution is 2.43. The van der Waals surface area contributed by atoms with Crippen molar-refractivity contribution in [1.29, 1.82) is 0 Å². The lowest BCUT2D eigenvalue weighted by Crippen LogP contribution is -2.52. The van der Waals surface area contributed by atoms with E-state index >= 15 is 0 Å². The first-order chi connectivity index (χ1) is 13.6. The van der Waals surface area contributed by atoms with E-state index in [0.29, 0.717) is 29.8 Å². The van der Waals surface area contributed by atoms with Gasteiger partial charge in [-0.25, -0.2) is 4.98 Å². The molecule has 1 saturated carbocycles. The number of carbonyl (C=O) groups is 2. The SMILES string of the molecule is NC(=O)c1cc2c(nc1N1CCC3(CCCN(CC4CCC4)C3=O)C1)CCC2. The van der Waals surface area contributed by atoms with Crippen LogP contribution >= 0.6 is 0 Å². The fourth-order valence-electron chi connectivity index (χ4n) is 5.63. The van der Waals surface area contributed by atoms with E-state index < -0.39 is 5.91 Å². The van der Waals surface area contributed by atoms with Crippen LogP contribution in [0.1, 0.15) is 66.6 Å². The summed E-state index contributed by atoms with van der Waals surface area (Å²) in [7, 11) is 0. The van der Waals surface area contributed by atoms with Crippen LogP contribution < -0.4 is 10.6 Å². The molecule has 1 spiro atoms. The molecule has 0 bridgehead atoms. The van der Waals surface area contributed by atoms with Crippen LogP contribution in [0.5, 0.6) is 0 Å². The first-order valence-corrected chi connectivity index (χ1v) is 10.9. The number of anilines is 1. The Morgan fingerprint density at radius 2 is 2.04 bits per heavy atom. The average Bonchev–Trinajstić information content (AvgIpc) is 3.27. The van der Waals surface area contributed by atoms with Gasteiger partial charge in [0.05, 0.1) is 11.0 Å². The van der Waals surface area contributed by atoms with Gasteiger partial charge in [0.2, 0.25) is 5.91 Å². The summed E-state index contributed by atoms with van der Waals surface area (Å²) in [5, 5.41) is 0. The number of rotatable bonds is 4. The maximum absolute atomic E-state index is 13.4. The van der Waals surface area contributed by atoms with Gasteiger partial charge in [0, 0.05) is 31.9 Å². The third kappa shape index (κ3) is 2.88. The maximum atomic E-state index is 13.4. The molecular weight excluding hydrogens is 352 g/mol. The lowest BCUT2D eigenvalue weighted by molar-refractivity contribution is -0.146. The Kier molecular flexibility index (Phi) is 4.33. The summed E-state index contributed by atoms with van der Waals surface area (Å²) in [6.45, 7) is 3.28. The second-order valence-electron chi connectivity index (χ2n) is 9.29. The summed E-state index contributed by atoms with van der Waals surface area (Å²) in [6.07, 6.45) is 9.74. The van der Waals surface area contributed by atoms with Gasteiger partial charge in [-0.05, 0) is 68.9 Å². The topological polar surface area (TPSA) is 79.5 Å². The Bertz CT molecular complexity index is 819. The highest BCUT2D eigenvalue weighted by molar-refractivity contribution is 5.98. The van der Waals surface area contributed by atoms with Crippen LogP contribution in [-0.2, 0) is 17.6 Å². The number of primary amides is 1. The van der Waals surface area contributed by atoms with E-state index in [0.717, 1.165) is 69.4 Å². The molecule has 5 rings (SSSR count). The second kappa shape index (κ2) is 6.75. The Morgan fingerprint density at radius 1 is 1.18 bits per heavy atom. The zero-order valence-corrected chi connectivity index (χ0v) is 16.6. The number of aromatic nitrogens is 1. The molecule has 1 unspecified atom stereocenters. The molecule has 150 valence electrons. The summed E-state index contributed by atoms with van der Waals surface area (Å²) in [5.41, 5.74) is 8.16. The number of likely N-dealkylation sites (tertiary alicyclic amines) is 1. The van der Waals surface area contributed by atoms with Gasteiger partial charge in [-0.1, -0.05) is 6.42 Å². The summed E-state index contributed by atoms with van der Waals surface area (Å²) >= 11 is 0. The molecule has 28 heavy (non-hydrogen) atoms. The van der Waals surface area contributed by atoms with E-state index in [-0.39, 0.29) is 5.41 Å². The Labute approximate surface area is 166 Å². The van der Waals surface area contributed by atoms with Gasteiger partial charge in [0.25, 0.3) is 5.91 Å². The van der Waals surface area contributed by atoms with E-state index in [1.807, 2.05) is 6.07 Å². The van der Waals surface area contributed by atoms with Crippen LogP contribution in [0.3, 0.4) is 0 Å². The van der Waals surface area contributed by atoms with E-state index in [9.17, 15) is 9.59 Å². The van der Waals surface area contributed by atoms with Crippen molar-refractivity contribution in [2.75, 3.05) is 31.1 Å². The van der Waals surface area contributed by atoms with Crippen LogP contribution in [0.2, 0.25) is 0 Å². The summed E-state index contributed by atoms with van der Waals surface area (Å²) in [4.78, 5) is 34.6. The largest absolute Gasteiger partial charge is 0.365 e. The van der Waals surface area contributed by atoms with Crippen molar-refractivity contribution in [3.63, 3.8) is 0 Å². The molecule has 3 fully saturated rings. The third-order valence-electron chi connectivity index (χ3n) is 7.48. The highest BCUT2D eigenvalue weighted by Gasteiger charge is 2.49. The summed E-state index contributed by atoms with van der Waals surface area (Å²) < 4.78 is 0. The molecule has 6 nitrogen and oxygen atoms in total. The van der Waals surface area contributed by atoms with Crippen molar-refractivity contribution in [2.24, 2.45) is 17.1 Å². The fourth-order valence-corrected chi connectivity index (χ4v) is 5.63. The predicted molar refractivity (Wildman–Crippen MR) is 107 cm³/mol. The molecule has 1 atom stereocenters. The molecular formula is C22H30N4O2. The lowest BCUT2D eigenvalue weighted by atomic mass is 9.77. The average molecular weight is 383 g/mol. The second-order valence-corrected chi connectivity index (χ2v) is 9.29. The first-order valence-electron chi connectivity index (χ1n) is 10.9. The number of fused-ring (bicyclic) bond motifs is 1. The minimum absolute atomic E-state index is 0.308. The number of nitrogens with zero attached hydrogens (tertiary/aromatic N) is 3. The molecule has 2 aliphatic heterocycles. The number of amides is 2. The number of pyridine rings is 1. The molecule has 3 heterocycles. The number of nitrogens with two attached hydrogens (primary N) is 1. The van der Waals surface area contributed by atoms with Crippen molar-refractivity contribution in [2.45, 2.75) is 57.8 Å². The predicted octanol–water partition coefficient (Wildman–Crippen LogP) is 2.29. The lowest BCUT2D eigenvalue weighted by Gasteiger charge is -2.42. The molecule has 2 aliphatic carbocycles. The minimum Gasteiger partial charge on any atom is -0.365 e. The van der Waals surface area contributed by atoms with E-state index in [2.05, 4.69) is 9.80 Å². The Balaban J connectivity index is 1.39. The molecule has 1 aromatic heterocycles. The van der Waals surface area contributed by atoms with Gasteiger partial charge in [0.15, 0.2) is 0 Å². The zero-order chi connectivity index (χ0) is 19.3. The summed E-state index contributed by atoms with van der Waals surface area (Å²) in [6, 6.07) is 1.95. The zero-order valence-electron chi connectivity index (χ0n) is 16.6. The van der Waals surface area contributed by atoms with Crippen LogP contribution in [-0.4, -0.2) is 47.9 Å². The Morgan fingerprint density at radius 3 is 2.79 bits per heavy atom. The molecule has 2 N–H and O–H groups in total. The normalized spacial score (nSPS) is 27.4. The number of hydrogen-bond donors (Lipinski definition) is 1.